The molecule has 0 unspecified atom stereocenters. The van der Waals surface area contributed by atoms with Gasteiger partial charge in [0.25, 0.3) is 0 Å². The average molecular weight is 499 g/mol. The average Bonchev–Trinajstić information content (AvgIpc) is 3.59. The van der Waals surface area contributed by atoms with Gasteiger partial charge in [-0.2, -0.15) is 5.10 Å². The summed E-state index contributed by atoms with van der Waals surface area (Å²) in [5.74, 6) is 1.52. The maximum atomic E-state index is 13.2. The van der Waals surface area contributed by atoms with Crippen molar-refractivity contribution in [1.29, 1.82) is 0 Å². The first-order valence-corrected chi connectivity index (χ1v) is 12.9. The van der Waals surface area contributed by atoms with Gasteiger partial charge in [0.05, 0.1) is 17.1 Å². The van der Waals surface area contributed by atoms with Crippen molar-refractivity contribution >= 4 is 33.7 Å². The third kappa shape index (κ3) is 4.24. The monoisotopic (exact) mass is 498 g/mol. The third-order valence-electron chi connectivity index (χ3n) is 6.61. The number of anilines is 2. The van der Waals surface area contributed by atoms with Crippen molar-refractivity contribution in [3.63, 3.8) is 0 Å². The summed E-state index contributed by atoms with van der Waals surface area (Å²) in [5.41, 5.74) is 4.55. The van der Waals surface area contributed by atoms with Crippen LogP contribution in [0.4, 0.5) is 11.5 Å². The molecule has 1 fully saturated rings. The van der Waals surface area contributed by atoms with Crippen molar-refractivity contribution in [3.8, 4) is 17.1 Å². The fourth-order valence-electron chi connectivity index (χ4n) is 4.74. The lowest BCUT2D eigenvalue weighted by Gasteiger charge is -2.32. The number of piperidine rings is 1. The Bertz CT molecular complexity index is 1500. The number of carbonyl (C=O) groups excluding carboxylic acids is 1. The van der Waals surface area contributed by atoms with E-state index in [0.29, 0.717) is 5.82 Å². The Hall–Kier alpha value is -4.05. The molecule has 6 rings (SSSR count). The van der Waals surface area contributed by atoms with E-state index in [-0.39, 0.29) is 11.8 Å². The number of para-hydroxylation sites is 1. The molecule has 5 aromatic rings. The zero-order chi connectivity index (χ0) is 24.6. The number of nitrogens with one attached hydrogen (secondary N) is 1. The van der Waals surface area contributed by atoms with Gasteiger partial charge in [-0.25, -0.2) is 9.67 Å². The van der Waals surface area contributed by atoms with Crippen LogP contribution in [-0.2, 0) is 4.79 Å². The van der Waals surface area contributed by atoms with Crippen LogP contribution in [0.3, 0.4) is 0 Å². The van der Waals surface area contributed by atoms with E-state index in [4.69, 9.17) is 4.98 Å². The minimum atomic E-state index is -0.0540. The quantitative estimate of drug-likeness (QED) is 0.383. The first kappa shape index (κ1) is 22.4. The highest BCUT2D eigenvalue weighted by Crippen LogP contribution is 2.30. The molecular formula is C26H26N8OS. The van der Waals surface area contributed by atoms with Crippen LogP contribution in [-0.4, -0.2) is 48.4 Å². The van der Waals surface area contributed by atoms with Gasteiger partial charge in [-0.15, -0.1) is 21.5 Å². The van der Waals surface area contributed by atoms with E-state index in [1.165, 1.54) is 0 Å². The van der Waals surface area contributed by atoms with E-state index in [2.05, 4.69) is 25.5 Å². The number of amides is 1. The van der Waals surface area contributed by atoms with E-state index in [1.807, 2.05) is 78.5 Å². The van der Waals surface area contributed by atoms with Gasteiger partial charge in [0, 0.05) is 48.0 Å². The SMILES string of the molecule is Cc1cc(C)n(-c2ccc(N3CCC(C(=O)Nc4ccccc4-c4cn5ccsc5n4)CC3)nn2)n1. The normalized spacial score (nSPS) is 14.4. The molecule has 0 radical (unpaired) electrons. The lowest BCUT2D eigenvalue weighted by Crippen LogP contribution is -2.38. The molecule has 5 heterocycles. The van der Waals surface area contributed by atoms with E-state index in [0.717, 1.165) is 65.0 Å². The molecule has 182 valence electrons. The number of thiazole rings is 1. The predicted octanol–water partition coefficient (Wildman–Crippen LogP) is 4.51. The molecule has 1 aliphatic rings. The largest absolute Gasteiger partial charge is 0.355 e. The Morgan fingerprint density at radius 3 is 2.56 bits per heavy atom. The minimum Gasteiger partial charge on any atom is -0.355 e. The van der Waals surface area contributed by atoms with Crippen LogP contribution >= 0.6 is 11.3 Å². The van der Waals surface area contributed by atoms with Crippen LogP contribution in [0.2, 0.25) is 0 Å². The maximum Gasteiger partial charge on any atom is 0.227 e. The highest BCUT2D eigenvalue weighted by Gasteiger charge is 2.26. The Labute approximate surface area is 212 Å². The number of imidazole rings is 1. The van der Waals surface area contributed by atoms with E-state index in [1.54, 1.807) is 16.0 Å². The number of fused-ring (bicyclic) bond motifs is 1. The number of nitrogens with zero attached hydrogens (tertiary/aromatic N) is 7. The third-order valence-corrected chi connectivity index (χ3v) is 7.38. The second-order valence-corrected chi connectivity index (χ2v) is 9.98. The lowest BCUT2D eigenvalue weighted by atomic mass is 9.95. The van der Waals surface area contributed by atoms with Crippen molar-refractivity contribution in [1.82, 2.24) is 29.4 Å². The molecule has 0 spiro atoms. The van der Waals surface area contributed by atoms with Gasteiger partial charge in [-0.05, 0) is 51.0 Å². The smallest absolute Gasteiger partial charge is 0.227 e. The van der Waals surface area contributed by atoms with Crippen molar-refractivity contribution < 1.29 is 4.79 Å². The number of aromatic nitrogens is 6. The molecule has 1 amide bonds. The summed E-state index contributed by atoms with van der Waals surface area (Å²) in [6, 6.07) is 13.8. The lowest BCUT2D eigenvalue weighted by molar-refractivity contribution is -0.120. The van der Waals surface area contributed by atoms with Crippen LogP contribution in [0.1, 0.15) is 24.2 Å². The molecule has 0 saturated carbocycles. The van der Waals surface area contributed by atoms with Crippen molar-refractivity contribution in [2.45, 2.75) is 26.7 Å². The molecule has 1 aliphatic heterocycles. The molecule has 0 atom stereocenters. The van der Waals surface area contributed by atoms with Gasteiger partial charge >= 0.3 is 0 Å². The van der Waals surface area contributed by atoms with Gasteiger partial charge < -0.3 is 10.2 Å². The molecule has 1 N–H and O–H groups in total. The number of carbonyl (C=O) groups is 1. The maximum absolute atomic E-state index is 13.2. The van der Waals surface area contributed by atoms with Gasteiger partial charge in [0.2, 0.25) is 5.91 Å². The fraction of sp³-hybridized carbons (Fsp3) is 0.269. The molecule has 36 heavy (non-hydrogen) atoms. The molecule has 9 nitrogen and oxygen atoms in total. The molecule has 1 saturated heterocycles. The molecule has 0 bridgehead atoms. The Balaban J connectivity index is 1.10. The fourth-order valence-corrected chi connectivity index (χ4v) is 5.44. The van der Waals surface area contributed by atoms with Gasteiger partial charge in [-0.3, -0.25) is 9.20 Å². The zero-order valence-corrected chi connectivity index (χ0v) is 20.9. The second kappa shape index (κ2) is 9.19. The van der Waals surface area contributed by atoms with E-state index >= 15 is 0 Å². The topological polar surface area (TPSA) is 93.2 Å². The molecule has 10 heteroatoms. The van der Waals surface area contributed by atoms with Crippen LogP contribution in [0.25, 0.3) is 22.0 Å². The highest BCUT2D eigenvalue weighted by atomic mass is 32.1. The summed E-state index contributed by atoms with van der Waals surface area (Å²) in [4.78, 5) is 21.0. The molecule has 4 aromatic heterocycles. The summed E-state index contributed by atoms with van der Waals surface area (Å²) in [6.07, 6.45) is 5.50. The summed E-state index contributed by atoms with van der Waals surface area (Å²) >= 11 is 1.59. The summed E-state index contributed by atoms with van der Waals surface area (Å²) in [7, 11) is 0. The van der Waals surface area contributed by atoms with Crippen molar-refractivity contribution in [2.24, 2.45) is 5.92 Å². The number of aryl methyl sites for hydroxylation is 2. The van der Waals surface area contributed by atoms with Crippen LogP contribution < -0.4 is 10.2 Å². The number of hydrogen-bond acceptors (Lipinski definition) is 7. The van der Waals surface area contributed by atoms with Gasteiger partial charge in [0.1, 0.15) is 0 Å². The minimum absolute atomic E-state index is 0.0501. The molecule has 0 aliphatic carbocycles. The van der Waals surface area contributed by atoms with Gasteiger partial charge in [0.15, 0.2) is 16.6 Å². The summed E-state index contributed by atoms with van der Waals surface area (Å²) in [5, 5.41) is 18.5. The van der Waals surface area contributed by atoms with E-state index < -0.39 is 0 Å². The zero-order valence-electron chi connectivity index (χ0n) is 20.1. The van der Waals surface area contributed by atoms with Gasteiger partial charge in [-0.1, -0.05) is 18.2 Å². The van der Waals surface area contributed by atoms with Crippen LogP contribution in [0.15, 0.2) is 60.2 Å². The van der Waals surface area contributed by atoms with E-state index in [9.17, 15) is 4.79 Å². The van der Waals surface area contributed by atoms with Crippen molar-refractivity contribution in [2.75, 3.05) is 23.3 Å². The Kier molecular flexibility index (Phi) is 5.73. The first-order valence-electron chi connectivity index (χ1n) is 12.0. The predicted molar refractivity (Wildman–Crippen MR) is 141 cm³/mol. The first-order chi connectivity index (χ1) is 17.5. The number of benzene rings is 1. The number of rotatable bonds is 5. The Morgan fingerprint density at radius 1 is 1.06 bits per heavy atom. The van der Waals surface area contributed by atoms with Crippen LogP contribution in [0, 0.1) is 19.8 Å². The van der Waals surface area contributed by atoms with Crippen molar-refractivity contribution in [3.05, 3.63) is 71.6 Å². The number of hydrogen-bond donors (Lipinski definition) is 1. The summed E-state index contributed by atoms with van der Waals surface area (Å²) in [6.45, 7) is 5.47. The highest BCUT2D eigenvalue weighted by molar-refractivity contribution is 7.15. The molecule has 1 aromatic carbocycles. The summed E-state index contributed by atoms with van der Waals surface area (Å²) < 4.78 is 3.80. The Morgan fingerprint density at radius 2 is 1.83 bits per heavy atom. The second-order valence-electron chi connectivity index (χ2n) is 9.10. The molecular weight excluding hydrogens is 472 g/mol. The van der Waals surface area contributed by atoms with Crippen LogP contribution in [0.5, 0.6) is 0 Å². The standard InChI is InChI=1S/C26H26N8OS/c1-17-15-18(2)34(31-17)24-8-7-23(29-30-24)32-11-9-19(10-12-32)25(35)27-21-6-4-3-5-20(21)22-16-33-13-14-36-26(33)28-22/h3-8,13-16,19H,9-12H2,1-2H3,(H,27,35).